The number of nitrogens with zero attached hydrogens (tertiary/aromatic N) is 2. The third-order valence-corrected chi connectivity index (χ3v) is 3.48. The molecule has 0 bridgehead atoms. The Morgan fingerprint density at radius 2 is 2.14 bits per heavy atom. The second kappa shape index (κ2) is 13.6. The van der Waals surface area contributed by atoms with Crippen molar-refractivity contribution in [1.82, 2.24) is 10.2 Å². The first kappa shape index (κ1) is 20.9. The number of rotatable bonds is 9. The first-order valence-corrected chi connectivity index (χ1v) is 7.91. The van der Waals surface area contributed by atoms with E-state index in [0.717, 1.165) is 45.2 Å². The summed E-state index contributed by atoms with van der Waals surface area (Å²) in [5, 5.41) is 3.40. The molecule has 1 fully saturated rings. The van der Waals surface area contributed by atoms with E-state index in [1.807, 2.05) is 0 Å². The monoisotopic (exact) mass is 413 g/mol. The summed E-state index contributed by atoms with van der Waals surface area (Å²) in [6.45, 7) is 10.5. The number of aliphatic imine (C=N–C) groups is 1. The third kappa shape index (κ3) is 8.83. The van der Waals surface area contributed by atoms with Crippen molar-refractivity contribution in [2.75, 3.05) is 53.1 Å². The zero-order chi connectivity index (χ0) is 14.6. The van der Waals surface area contributed by atoms with Gasteiger partial charge in [0.2, 0.25) is 0 Å². The van der Waals surface area contributed by atoms with Gasteiger partial charge in [0, 0.05) is 39.2 Å². The molecule has 6 heteroatoms. The van der Waals surface area contributed by atoms with Gasteiger partial charge in [0.05, 0.1) is 19.8 Å². The Morgan fingerprint density at radius 1 is 1.33 bits per heavy atom. The molecule has 126 valence electrons. The normalized spacial score (nSPS) is 18.7. The van der Waals surface area contributed by atoms with Crippen LogP contribution >= 0.6 is 24.0 Å². The molecule has 1 atom stereocenters. The highest BCUT2D eigenvalue weighted by Crippen LogP contribution is 2.16. The van der Waals surface area contributed by atoms with Gasteiger partial charge in [-0.15, -0.1) is 24.0 Å². The molecule has 1 rings (SSSR count). The van der Waals surface area contributed by atoms with Crippen LogP contribution < -0.4 is 5.32 Å². The first-order valence-electron chi connectivity index (χ1n) is 7.91. The lowest BCUT2D eigenvalue weighted by molar-refractivity contribution is 0.0536. The van der Waals surface area contributed by atoms with Crippen LogP contribution in [0.3, 0.4) is 0 Å². The lowest BCUT2D eigenvalue weighted by Gasteiger charge is -2.21. The van der Waals surface area contributed by atoms with Crippen LogP contribution in [0.1, 0.15) is 33.1 Å². The molecule has 1 unspecified atom stereocenters. The Balaban J connectivity index is 0.00000400. The van der Waals surface area contributed by atoms with Crippen molar-refractivity contribution in [3.05, 3.63) is 0 Å². The molecule has 1 heterocycles. The van der Waals surface area contributed by atoms with Gasteiger partial charge < -0.3 is 19.7 Å². The van der Waals surface area contributed by atoms with E-state index in [2.05, 4.69) is 24.1 Å². The Bertz CT molecular complexity index is 278. The molecule has 0 spiro atoms. The summed E-state index contributed by atoms with van der Waals surface area (Å²) in [7, 11) is 1.70. The van der Waals surface area contributed by atoms with Crippen molar-refractivity contribution in [3.8, 4) is 0 Å². The van der Waals surface area contributed by atoms with E-state index in [9.17, 15) is 0 Å². The zero-order valence-corrected chi connectivity index (χ0v) is 16.1. The minimum absolute atomic E-state index is 0. The van der Waals surface area contributed by atoms with Crippen LogP contribution in [0.2, 0.25) is 0 Å². The van der Waals surface area contributed by atoms with E-state index in [4.69, 9.17) is 14.5 Å². The van der Waals surface area contributed by atoms with Crippen LogP contribution in [0.25, 0.3) is 0 Å². The number of nitrogens with one attached hydrogen (secondary N) is 1. The molecule has 1 aliphatic rings. The van der Waals surface area contributed by atoms with Gasteiger partial charge in [-0.1, -0.05) is 13.3 Å². The molecule has 0 aliphatic carbocycles. The standard InChI is InChI=1S/C15H31N3O2.HI/c1-4-6-8-17-15(16-5-2)18-9-7-14(12-18)13-20-11-10-19-3;/h14H,4-13H2,1-3H3,(H,16,17);1H. The summed E-state index contributed by atoms with van der Waals surface area (Å²) in [4.78, 5) is 7.06. The number of unbranched alkanes of at least 4 members (excludes halogenated alkanes) is 1. The van der Waals surface area contributed by atoms with E-state index in [1.54, 1.807) is 7.11 Å². The average Bonchev–Trinajstić information content (AvgIpc) is 2.92. The number of ether oxygens (including phenoxy) is 2. The lowest BCUT2D eigenvalue weighted by atomic mass is 10.1. The second-order valence-electron chi connectivity index (χ2n) is 5.26. The molecule has 0 aromatic rings. The van der Waals surface area contributed by atoms with Crippen molar-refractivity contribution in [2.24, 2.45) is 10.9 Å². The van der Waals surface area contributed by atoms with Gasteiger partial charge in [-0.05, 0) is 19.8 Å². The van der Waals surface area contributed by atoms with Gasteiger partial charge in [-0.2, -0.15) is 0 Å². The topological polar surface area (TPSA) is 46.1 Å². The van der Waals surface area contributed by atoms with Gasteiger partial charge >= 0.3 is 0 Å². The predicted molar refractivity (Wildman–Crippen MR) is 98.7 cm³/mol. The van der Waals surface area contributed by atoms with Crippen molar-refractivity contribution >= 4 is 29.9 Å². The molecule has 0 aromatic carbocycles. The van der Waals surface area contributed by atoms with E-state index >= 15 is 0 Å². The fourth-order valence-corrected chi connectivity index (χ4v) is 2.32. The average molecular weight is 413 g/mol. The molecular weight excluding hydrogens is 381 g/mol. The van der Waals surface area contributed by atoms with Crippen LogP contribution in [0.4, 0.5) is 0 Å². The zero-order valence-electron chi connectivity index (χ0n) is 13.8. The highest BCUT2D eigenvalue weighted by atomic mass is 127. The molecule has 21 heavy (non-hydrogen) atoms. The molecule has 1 saturated heterocycles. The summed E-state index contributed by atoms with van der Waals surface area (Å²) in [5.74, 6) is 1.68. The number of halogens is 1. The summed E-state index contributed by atoms with van der Waals surface area (Å²) in [6.07, 6.45) is 3.54. The first-order chi connectivity index (χ1) is 9.81. The number of guanidine groups is 1. The molecule has 0 amide bonds. The molecular formula is C15H32IN3O2. The number of likely N-dealkylation sites (tertiary alicyclic amines) is 1. The lowest BCUT2D eigenvalue weighted by Crippen LogP contribution is -2.40. The van der Waals surface area contributed by atoms with Gasteiger partial charge in [-0.25, -0.2) is 0 Å². The smallest absolute Gasteiger partial charge is 0.193 e. The molecule has 0 radical (unpaired) electrons. The molecule has 0 saturated carbocycles. The summed E-state index contributed by atoms with van der Waals surface area (Å²) in [6, 6.07) is 0. The molecule has 0 aromatic heterocycles. The minimum Gasteiger partial charge on any atom is -0.382 e. The van der Waals surface area contributed by atoms with E-state index < -0.39 is 0 Å². The predicted octanol–water partition coefficient (Wildman–Crippen LogP) is 2.35. The Hall–Kier alpha value is -0.0800. The van der Waals surface area contributed by atoms with Gasteiger partial charge in [0.15, 0.2) is 5.96 Å². The number of hydrogen-bond donors (Lipinski definition) is 1. The van der Waals surface area contributed by atoms with Crippen molar-refractivity contribution in [1.29, 1.82) is 0 Å². The summed E-state index contributed by atoms with van der Waals surface area (Å²) < 4.78 is 10.6. The molecule has 1 N–H and O–H groups in total. The highest BCUT2D eigenvalue weighted by molar-refractivity contribution is 14.0. The fraction of sp³-hybridized carbons (Fsp3) is 0.933. The number of hydrogen-bond acceptors (Lipinski definition) is 3. The van der Waals surface area contributed by atoms with Crippen molar-refractivity contribution < 1.29 is 9.47 Å². The van der Waals surface area contributed by atoms with Crippen LogP contribution in [0.15, 0.2) is 4.99 Å². The van der Waals surface area contributed by atoms with Gasteiger partial charge in [-0.3, -0.25) is 4.99 Å². The van der Waals surface area contributed by atoms with E-state index in [0.29, 0.717) is 19.1 Å². The largest absolute Gasteiger partial charge is 0.382 e. The van der Waals surface area contributed by atoms with E-state index in [-0.39, 0.29) is 24.0 Å². The summed E-state index contributed by atoms with van der Waals surface area (Å²) >= 11 is 0. The van der Waals surface area contributed by atoms with Gasteiger partial charge in [0.25, 0.3) is 0 Å². The van der Waals surface area contributed by atoms with Crippen LogP contribution in [0.5, 0.6) is 0 Å². The quantitative estimate of drug-likeness (QED) is 0.273. The Labute approximate surface area is 146 Å². The second-order valence-corrected chi connectivity index (χ2v) is 5.26. The van der Waals surface area contributed by atoms with Crippen molar-refractivity contribution in [3.63, 3.8) is 0 Å². The maximum atomic E-state index is 5.63. The highest BCUT2D eigenvalue weighted by Gasteiger charge is 2.24. The minimum atomic E-state index is 0. The molecule has 1 aliphatic heterocycles. The Kier molecular flexibility index (Phi) is 13.5. The maximum Gasteiger partial charge on any atom is 0.193 e. The van der Waals surface area contributed by atoms with Gasteiger partial charge in [0.1, 0.15) is 0 Å². The van der Waals surface area contributed by atoms with Crippen LogP contribution in [0, 0.1) is 5.92 Å². The Morgan fingerprint density at radius 3 is 2.81 bits per heavy atom. The fourth-order valence-electron chi connectivity index (χ4n) is 2.32. The van der Waals surface area contributed by atoms with Crippen LogP contribution in [-0.2, 0) is 9.47 Å². The van der Waals surface area contributed by atoms with E-state index in [1.165, 1.54) is 12.8 Å². The number of methoxy groups -OCH3 is 1. The summed E-state index contributed by atoms with van der Waals surface area (Å²) in [5.41, 5.74) is 0. The maximum absolute atomic E-state index is 5.63. The van der Waals surface area contributed by atoms with Crippen LogP contribution in [-0.4, -0.2) is 64.0 Å². The van der Waals surface area contributed by atoms with Crippen molar-refractivity contribution in [2.45, 2.75) is 33.1 Å². The SMILES string of the molecule is CCCCN=C(NCC)N1CCC(COCCOC)C1.I. The molecule has 5 nitrogen and oxygen atoms in total. The third-order valence-electron chi connectivity index (χ3n) is 3.48.